The Morgan fingerprint density at radius 3 is 2.38 bits per heavy atom. The largest absolute Gasteiger partial charge is 0.494 e. The summed E-state index contributed by atoms with van der Waals surface area (Å²) in [5.74, 6) is 0.402. The van der Waals surface area contributed by atoms with Crippen molar-refractivity contribution in [2.45, 2.75) is 51.6 Å². The van der Waals surface area contributed by atoms with Gasteiger partial charge in [-0.3, -0.25) is 9.10 Å². The van der Waals surface area contributed by atoms with E-state index in [9.17, 15) is 13.2 Å². The first-order valence-electron chi connectivity index (χ1n) is 8.35. The number of hydrogen-bond acceptors (Lipinski definition) is 4. The molecule has 0 radical (unpaired) electrons. The van der Waals surface area contributed by atoms with Gasteiger partial charge in [0.25, 0.3) is 0 Å². The van der Waals surface area contributed by atoms with Gasteiger partial charge in [-0.05, 0) is 51.0 Å². The van der Waals surface area contributed by atoms with E-state index in [2.05, 4.69) is 5.32 Å². The molecule has 1 amide bonds. The molecule has 134 valence electrons. The molecule has 1 aliphatic rings. The molecule has 0 bridgehead atoms. The number of hydrogen-bond donors (Lipinski definition) is 1. The minimum atomic E-state index is -3.59. The molecule has 1 aromatic rings. The van der Waals surface area contributed by atoms with Gasteiger partial charge in [0, 0.05) is 6.04 Å². The second kappa shape index (κ2) is 7.88. The highest BCUT2D eigenvalue weighted by molar-refractivity contribution is 7.92. The lowest BCUT2D eigenvalue weighted by Gasteiger charge is -2.29. The maximum absolute atomic E-state index is 12.5. The van der Waals surface area contributed by atoms with Crippen LogP contribution >= 0.6 is 0 Å². The maximum atomic E-state index is 12.5. The van der Waals surface area contributed by atoms with Crippen molar-refractivity contribution >= 4 is 21.6 Å². The molecule has 7 heteroatoms. The highest BCUT2D eigenvalue weighted by Gasteiger charge is 2.30. The third kappa shape index (κ3) is 4.63. The number of anilines is 1. The fraction of sp³-hybridized carbons (Fsp3) is 0.588. The minimum absolute atomic E-state index is 0.154. The Balaban J connectivity index is 2.19. The molecule has 24 heavy (non-hydrogen) atoms. The van der Waals surface area contributed by atoms with Crippen LogP contribution in [0.15, 0.2) is 24.3 Å². The standard InChI is InChI=1S/C17H26N2O4S/c1-4-23-16-11-9-15(10-12-16)19(24(3,21)22)13(2)17(20)18-14-7-5-6-8-14/h9-14H,4-8H2,1-3H3,(H,18,20)/t13-/m0/s1. The highest BCUT2D eigenvalue weighted by Crippen LogP contribution is 2.24. The number of benzene rings is 1. The van der Waals surface area contributed by atoms with Crippen LogP contribution in [-0.2, 0) is 14.8 Å². The molecular formula is C17H26N2O4S. The molecule has 0 unspecified atom stereocenters. The minimum Gasteiger partial charge on any atom is -0.494 e. The molecule has 0 saturated heterocycles. The van der Waals surface area contributed by atoms with Crippen LogP contribution in [0.4, 0.5) is 5.69 Å². The molecule has 1 fully saturated rings. The Bertz CT molecular complexity index is 652. The summed E-state index contributed by atoms with van der Waals surface area (Å²) in [6, 6.07) is 6.08. The van der Waals surface area contributed by atoms with Crippen molar-refractivity contribution in [3.8, 4) is 5.75 Å². The summed E-state index contributed by atoms with van der Waals surface area (Å²) in [5, 5.41) is 2.96. The van der Waals surface area contributed by atoms with Crippen LogP contribution in [0.1, 0.15) is 39.5 Å². The summed E-state index contributed by atoms with van der Waals surface area (Å²) in [5.41, 5.74) is 0.454. The van der Waals surface area contributed by atoms with Crippen molar-refractivity contribution in [3.05, 3.63) is 24.3 Å². The van der Waals surface area contributed by atoms with Crippen LogP contribution in [0.5, 0.6) is 5.75 Å². The van der Waals surface area contributed by atoms with Crippen molar-refractivity contribution in [3.63, 3.8) is 0 Å². The van der Waals surface area contributed by atoms with Gasteiger partial charge in [0.05, 0.1) is 18.6 Å². The van der Waals surface area contributed by atoms with Crippen LogP contribution < -0.4 is 14.4 Å². The number of rotatable bonds is 7. The summed E-state index contributed by atoms with van der Waals surface area (Å²) < 4.78 is 31.0. The van der Waals surface area contributed by atoms with E-state index in [0.29, 0.717) is 18.0 Å². The Hall–Kier alpha value is -1.76. The van der Waals surface area contributed by atoms with Gasteiger partial charge in [-0.2, -0.15) is 0 Å². The molecule has 0 aliphatic heterocycles. The number of amides is 1. The lowest BCUT2D eigenvalue weighted by Crippen LogP contribution is -2.49. The van der Waals surface area contributed by atoms with Crippen LogP contribution in [-0.4, -0.2) is 39.3 Å². The van der Waals surface area contributed by atoms with Gasteiger partial charge in [0.2, 0.25) is 15.9 Å². The van der Waals surface area contributed by atoms with Crippen molar-refractivity contribution in [1.29, 1.82) is 0 Å². The number of carbonyl (C=O) groups excluding carboxylic acids is 1. The second-order valence-electron chi connectivity index (χ2n) is 6.15. The van der Waals surface area contributed by atoms with Crippen LogP contribution in [0.25, 0.3) is 0 Å². The predicted octanol–water partition coefficient (Wildman–Crippen LogP) is 2.30. The summed E-state index contributed by atoms with van der Waals surface area (Å²) in [4.78, 5) is 12.5. The van der Waals surface area contributed by atoms with E-state index in [1.807, 2.05) is 6.92 Å². The molecule has 1 aliphatic carbocycles. The first kappa shape index (κ1) is 18.6. The number of nitrogens with one attached hydrogen (secondary N) is 1. The molecule has 6 nitrogen and oxygen atoms in total. The van der Waals surface area contributed by atoms with Gasteiger partial charge in [0.15, 0.2) is 0 Å². The average molecular weight is 354 g/mol. The Morgan fingerprint density at radius 1 is 1.29 bits per heavy atom. The molecule has 1 N–H and O–H groups in total. The Morgan fingerprint density at radius 2 is 1.88 bits per heavy atom. The lowest BCUT2D eigenvalue weighted by atomic mass is 10.2. The fourth-order valence-corrected chi connectivity index (χ4v) is 4.23. The van der Waals surface area contributed by atoms with Crippen molar-refractivity contribution in [2.24, 2.45) is 0 Å². The van der Waals surface area contributed by atoms with Gasteiger partial charge >= 0.3 is 0 Å². The molecule has 1 atom stereocenters. The summed E-state index contributed by atoms with van der Waals surface area (Å²) in [6.45, 7) is 4.03. The summed E-state index contributed by atoms with van der Waals surface area (Å²) in [7, 11) is -3.59. The molecule has 1 saturated carbocycles. The van der Waals surface area contributed by atoms with Gasteiger partial charge in [-0.25, -0.2) is 8.42 Å². The van der Waals surface area contributed by atoms with E-state index in [0.717, 1.165) is 36.2 Å². The number of carbonyl (C=O) groups is 1. The van der Waals surface area contributed by atoms with Crippen LogP contribution in [0.3, 0.4) is 0 Å². The van der Waals surface area contributed by atoms with E-state index in [1.165, 1.54) is 0 Å². The molecule has 0 heterocycles. The topological polar surface area (TPSA) is 75.7 Å². The fourth-order valence-electron chi connectivity index (χ4n) is 3.06. The third-order valence-corrected chi connectivity index (χ3v) is 5.43. The van der Waals surface area contributed by atoms with E-state index in [1.54, 1.807) is 31.2 Å². The first-order valence-corrected chi connectivity index (χ1v) is 10.2. The molecule has 0 spiro atoms. The zero-order valence-electron chi connectivity index (χ0n) is 14.5. The van der Waals surface area contributed by atoms with Crippen molar-refractivity contribution in [1.82, 2.24) is 5.32 Å². The normalized spacial score (nSPS) is 16.6. The first-order chi connectivity index (χ1) is 11.3. The zero-order valence-corrected chi connectivity index (χ0v) is 15.3. The van der Waals surface area contributed by atoms with E-state index >= 15 is 0 Å². The van der Waals surface area contributed by atoms with Gasteiger partial charge in [-0.1, -0.05) is 12.8 Å². The SMILES string of the molecule is CCOc1ccc(N([C@@H](C)C(=O)NC2CCCC2)S(C)(=O)=O)cc1. The third-order valence-electron chi connectivity index (χ3n) is 4.19. The maximum Gasteiger partial charge on any atom is 0.243 e. The van der Waals surface area contributed by atoms with Crippen LogP contribution in [0, 0.1) is 0 Å². The monoisotopic (exact) mass is 354 g/mol. The highest BCUT2D eigenvalue weighted by atomic mass is 32.2. The summed E-state index contributed by atoms with van der Waals surface area (Å²) >= 11 is 0. The van der Waals surface area contributed by atoms with Gasteiger partial charge < -0.3 is 10.1 Å². The lowest BCUT2D eigenvalue weighted by molar-refractivity contribution is -0.122. The van der Waals surface area contributed by atoms with Crippen molar-refractivity contribution in [2.75, 3.05) is 17.2 Å². The second-order valence-corrected chi connectivity index (χ2v) is 8.01. The predicted molar refractivity (Wildman–Crippen MR) is 94.8 cm³/mol. The van der Waals surface area contributed by atoms with Gasteiger partial charge in [-0.15, -0.1) is 0 Å². The number of nitrogens with zero attached hydrogens (tertiary/aromatic N) is 1. The Kier molecular flexibility index (Phi) is 6.10. The quantitative estimate of drug-likeness (QED) is 0.815. The van der Waals surface area contributed by atoms with E-state index in [4.69, 9.17) is 4.74 Å². The molecule has 2 rings (SSSR count). The smallest absolute Gasteiger partial charge is 0.243 e. The molecule has 1 aromatic carbocycles. The summed E-state index contributed by atoms with van der Waals surface area (Å²) in [6.07, 6.45) is 5.24. The van der Waals surface area contributed by atoms with Crippen molar-refractivity contribution < 1.29 is 17.9 Å². The van der Waals surface area contributed by atoms with Crippen LogP contribution in [0.2, 0.25) is 0 Å². The van der Waals surface area contributed by atoms with E-state index in [-0.39, 0.29) is 11.9 Å². The number of ether oxygens (including phenoxy) is 1. The van der Waals surface area contributed by atoms with E-state index < -0.39 is 16.1 Å². The molecular weight excluding hydrogens is 328 g/mol. The Labute approximate surface area is 144 Å². The van der Waals surface area contributed by atoms with Gasteiger partial charge in [0.1, 0.15) is 11.8 Å². The zero-order chi connectivity index (χ0) is 17.7. The molecule has 0 aromatic heterocycles. The number of sulfonamides is 1. The average Bonchev–Trinajstić information content (AvgIpc) is 3.01.